The van der Waals surface area contributed by atoms with Crippen molar-refractivity contribution in [3.05, 3.63) is 64.0 Å². The van der Waals surface area contributed by atoms with Crippen molar-refractivity contribution in [2.75, 3.05) is 0 Å². The lowest BCUT2D eigenvalue weighted by Crippen LogP contribution is -2.27. The Balaban J connectivity index is 2.13. The molecule has 0 fully saturated rings. The lowest BCUT2D eigenvalue weighted by Gasteiger charge is -2.14. The number of carbonyl (C=O) groups is 1. The Labute approximate surface area is 164 Å². The number of nitrogens with zero attached hydrogens (tertiary/aromatic N) is 3. The van der Waals surface area contributed by atoms with Crippen molar-refractivity contribution in [2.45, 2.75) is 12.7 Å². The monoisotopic (exact) mass is 420 g/mol. The molecule has 9 nitrogen and oxygen atoms in total. The van der Waals surface area contributed by atoms with E-state index in [1.165, 1.54) is 18.3 Å². The number of fused-ring (bicyclic) bond motifs is 1. The molecule has 0 aliphatic carbocycles. The van der Waals surface area contributed by atoms with Crippen LogP contribution in [0.15, 0.2) is 47.2 Å². The first-order valence-corrected chi connectivity index (χ1v) is 8.09. The molecule has 3 heterocycles. The van der Waals surface area contributed by atoms with Gasteiger partial charge in [0, 0.05) is 12.4 Å². The zero-order valence-corrected chi connectivity index (χ0v) is 14.8. The first kappa shape index (κ1) is 20.6. The lowest BCUT2D eigenvalue weighted by molar-refractivity contribution is -0.141. The van der Waals surface area contributed by atoms with Crippen LogP contribution in [0.3, 0.4) is 0 Å². The highest BCUT2D eigenvalue weighted by atomic mass is 19.4. The van der Waals surface area contributed by atoms with Crippen LogP contribution >= 0.6 is 0 Å². The molecule has 30 heavy (non-hydrogen) atoms. The third kappa shape index (κ3) is 3.84. The van der Waals surface area contributed by atoms with Crippen molar-refractivity contribution in [1.29, 1.82) is 0 Å². The number of alkyl halides is 3. The molecule has 0 saturated carbocycles. The van der Waals surface area contributed by atoms with Gasteiger partial charge in [-0.3, -0.25) is 14.3 Å². The van der Waals surface area contributed by atoms with Crippen molar-refractivity contribution >= 4 is 22.9 Å². The molecular formula is C18H11F3N4O5. The number of ether oxygens (including phenoxy) is 1. The Morgan fingerprint density at radius 3 is 2.60 bits per heavy atom. The first-order chi connectivity index (χ1) is 14.1. The maximum Gasteiger partial charge on any atom is 0.433 e. The van der Waals surface area contributed by atoms with E-state index in [1.54, 1.807) is 0 Å². The van der Waals surface area contributed by atoms with Gasteiger partial charge in [0.15, 0.2) is 11.7 Å². The van der Waals surface area contributed by atoms with Crippen LogP contribution in [0.2, 0.25) is 0 Å². The fourth-order valence-corrected chi connectivity index (χ4v) is 2.54. The van der Waals surface area contributed by atoms with E-state index >= 15 is 0 Å². The summed E-state index contributed by atoms with van der Waals surface area (Å²) in [7, 11) is 0. The molecule has 0 atom stereocenters. The van der Waals surface area contributed by atoms with Crippen LogP contribution in [0.5, 0.6) is 11.5 Å². The van der Waals surface area contributed by atoms with Crippen LogP contribution in [0.25, 0.3) is 11.0 Å². The first-order valence-electron chi connectivity index (χ1n) is 8.09. The summed E-state index contributed by atoms with van der Waals surface area (Å²) in [4.78, 5) is 42.4. The predicted octanol–water partition coefficient (Wildman–Crippen LogP) is 1.14. The van der Waals surface area contributed by atoms with Gasteiger partial charge in [-0.1, -0.05) is 6.07 Å². The van der Waals surface area contributed by atoms with Gasteiger partial charge in [0.25, 0.3) is 5.56 Å². The van der Waals surface area contributed by atoms with Gasteiger partial charge in [-0.05, 0) is 23.8 Å². The Kier molecular flexibility index (Phi) is 5.26. The van der Waals surface area contributed by atoms with Gasteiger partial charge in [-0.15, -0.1) is 0 Å². The second-order valence-corrected chi connectivity index (χ2v) is 5.90. The average Bonchev–Trinajstić information content (AvgIpc) is 2.73. The molecule has 3 rings (SSSR count). The van der Waals surface area contributed by atoms with E-state index in [0.29, 0.717) is 0 Å². The Hall–Kier alpha value is -4.18. The van der Waals surface area contributed by atoms with Crippen LogP contribution in [-0.2, 0) is 22.3 Å². The van der Waals surface area contributed by atoms with Crippen molar-refractivity contribution in [1.82, 2.24) is 14.5 Å². The molecule has 0 amide bonds. The third-order valence-corrected chi connectivity index (χ3v) is 3.93. The largest absolute Gasteiger partial charge is 0.504 e. The van der Waals surface area contributed by atoms with Crippen molar-refractivity contribution in [3.63, 3.8) is 0 Å². The zero-order chi connectivity index (χ0) is 22.1. The summed E-state index contributed by atoms with van der Waals surface area (Å²) in [6.07, 6.45) is -2.38. The van der Waals surface area contributed by atoms with Crippen molar-refractivity contribution < 1.29 is 32.6 Å². The molecule has 3 aromatic rings. The number of esters is 1. The molecule has 12 heteroatoms. The van der Waals surface area contributed by atoms with E-state index in [2.05, 4.69) is 9.97 Å². The zero-order valence-electron chi connectivity index (χ0n) is 14.8. The van der Waals surface area contributed by atoms with Crippen LogP contribution in [-0.4, -0.2) is 31.6 Å². The van der Waals surface area contributed by atoms with Crippen LogP contribution in [0.1, 0.15) is 11.3 Å². The number of nitrogens with two attached hydrogens (primary N) is 1. The normalized spacial score (nSPS) is 11.2. The number of rotatable bonds is 4. The number of carbonyl (C=O) groups excluding carboxylic acids is 2. The molecule has 0 aromatic carbocycles. The van der Waals surface area contributed by atoms with Gasteiger partial charge in [-0.25, -0.2) is 14.6 Å². The van der Waals surface area contributed by atoms with Crippen LogP contribution in [0, 0.1) is 0 Å². The summed E-state index contributed by atoms with van der Waals surface area (Å²) in [5.74, 6) is -1.87. The smallest absolute Gasteiger partial charge is 0.433 e. The van der Waals surface area contributed by atoms with E-state index < -0.39 is 40.6 Å². The van der Waals surface area contributed by atoms with E-state index in [9.17, 15) is 32.7 Å². The minimum atomic E-state index is -4.63. The third-order valence-electron chi connectivity index (χ3n) is 3.93. The topological polar surface area (TPSA) is 137 Å². The summed E-state index contributed by atoms with van der Waals surface area (Å²) in [5, 5.41) is 10.3. The number of aromatic hydroxyl groups is 1. The number of halogens is 3. The summed E-state index contributed by atoms with van der Waals surface area (Å²) in [5.41, 5.74) is 2.17. The minimum Gasteiger partial charge on any atom is -0.504 e. The van der Waals surface area contributed by atoms with E-state index in [-0.39, 0.29) is 23.1 Å². The molecule has 0 saturated heterocycles. The lowest BCUT2D eigenvalue weighted by atomic mass is 10.2. The summed E-state index contributed by atoms with van der Waals surface area (Å²) in [6, 6.07) is 4.66. The Morgan fingerprint density at radius 1 is 1.27 bits per heavy atom. The standard InChI is InChI=1S/C18H11F3N4O5/c19-18(20,21)12-4-3-9(6-24-12)7-25-15-10(2-1-5-23-15)13(27)14(16(25)28)30-17(29)11(22)8-26/h1-6,27H,7,22H2. The molecule has 3 N–H and O–H groups in total. The van der Waals surface area contributed by atoms with Gasteiger partial charge in [0.2, 0.25) is 11.4 Å². The molecular weight excluding hydrogens is 409 g/mol. The maximum absolute atomic E-state index is 12.8. The van der Waals surface area contributed by atoms with E-state index in [1.807, 2.05) is 0 Å². The number of hydrogen-bond donors (Lipinski definition) is 2. The van der Waals surface area contributed by atoms with Crippen LogP contribution < -0.4 is 16.0 Å². The van der Waals surface area contributed by atoms with Gasteiger partial charge >= 0.3 is 12.1 Å². The highest BCUT2D eigenvalue weighted by molar-refractivity contribution is 5.97. The molecule has 154 valence electrons. The highest BCUT2D eigenvalue weighted by Gasteiger charge is 2.32. The molecule has 0 radical (unpaired) electrons. The predicted molar refractivity (Wildman–Crippen MR) is 95.0 cm³/mol. The summed E-state index contributed by atoms with van der Waals surface area (Å²) < 4.78 is 43.8. The number of pyridine rings is 3. The SMILES string of the molecule is NC(=C=O)C(=O)Oc1c(O)c2cccnc2n(Cc2ccc(C(F)(F)F)nc2)c1=O. The average molecular weight is 420 g/mol. The quantitative estimate of drug-likeness (QED) is 0.364. The molecule has 0 aliphatic heterocycles. The van der Waals surface area contributed by atoms with Crippen molar-refractivity contribution in [2.24, 2.45) is 5.73 Å². The maximum atomic E-state index is 12.8. The van der Waals surface area contributed by atoms with Gasteiger partial charge in [0.05, 0.1) is 11.9 Å². The molecule has 0 bridgehead atoms. The van der Waals surface area contributed by atoms with Gasteiger partial charge in [-0.2, -0.15) is 13.2 Å². The van der Waals surface area contributed by atoms with Gasteiger partial charge in [0.1, 0.15) is 11.3 Å². The molecule has 3 aromatic heterocycles. The number of hydrogen-bond acceptors (Lipinski definition) is 8. The van der Waals surface area contributed by atoms with E-state index in [4.69, 9.17) is 10.5 Å². The Morgan fingerprint density at radius 2 is 2.00 bits per heavy atom. The van der Waals surface area contributed by atoms with Gasteiger partial charge < -0.3 is 15.6 Å². The molecule has 0 unspecified atom stereocenters. The fourth-order valence-electron chi connectivity index (χ4n) is 2.54. The van der Waals surface area contributed by atoms with Crippen molar-refractivity contribution in [3.8, 4) is 11.5 Å². The second kappa shape index (κ2) is 7.68. The van der Waals surface area contributed by atoms with E-state index in [0.717, 1.165) is 28.8 Å². The number of aromatic nitrogens is 3. The molecule has 0 aliphatic rings. The van der Waals surface area contributed by atoms with Crippen LogP contribution in [0.4, 0.5) is 13.2 Å². The fraction of sp³-hybridized carbons (Fsp3) is 0.111. The summed E-state index contributed by atoms with van der Waals surface area (Å²) >= 11 is 0. The Bertz CT molecular complexity index is 1250. The second-order valence-electron chi connectivity index (χ2n) is 5.90. The minimum absolute atomic E-state index is 0.00780. The summed E-state index contributed by atoms with van der Waals surface area (Å²) in [6.45, 7) is -0.304. The molecule has 0 spiro atoms. The highest BCUT2D eigenvalue weighted by Crippen LogP contribution is 2.31.